The number of rotatable bonds is 30. The molecule has 40 heavy (non-hydrogen) atoms. The van der Waals surface area contributed by atoms with Gasteiger partial charge in [0.05, 0.1) is 19.8 Å². The lowest BCUT2D eigenvalue weighted by atomic mass is 10.0. The van der Waals surface area contributed by atoms with Crippen LogP contribution in [0.1, 0.15) is 117 Å². The van der Waals surface area contributed by atoms with Crippen molar-refractivity contribution in [3.63, 3.8) is 0 Å². The second-order valence-corrected chi connectivity index (χ2v) is 14.1. The highest BCUT2D eigenvalue weighted by atomic mass is 32.2. The molecule has 2 unspecified atom stereocenters. The molecule has 1 N–H and O–H groups in total. The molecule has 0 aromatic carbocycles. The van der Waals surface area contributed by atoms with E-state index in [0.717, 1.165) is 30.1 Å². The molecule has 10 nitrogen and oxygen atoms in total. The minimum atomic E-state index is -4.35. The minimum Gasteiger partial charge on any atom is -0.379 e. The summed E-state index contributed by atoms with van der Waals surface area (Å²) in [7, 11) is -3.82. The van der Waals surface area contributed by atoms with Crippen LogP contribution in [0.3, 0.4) is 0 Å². The summed E-state index contributed by atoms with van der Waals surface area (Å²) in [6.07, 6.45) is 19.5. The smallest absolute Gasteiger partial charge is 0.379 e. The first-order valence-electron chi connectivity index (χ1n) is 15.5. The van der Waals surface area contributed by atoms with Crippen molar-refractivity contribution in [3.05, 3.63) is 0 Å². The van der Waals surface area contributed by atoms with Crippen LogP contribution in [-0.4, -0.2) is 89.3 Å². The highest BCUT2D eigenvalue weighted by Gasteiger charge is 2.28. The maximum atomic E-state index is 12.2. The molecule has 0 bridgehead atoms. The zero-order valence-electron chi connectivity index (χ0n) is 26.2. The third kappa shape index (κ3) is 24.5. The fourth-order valence-corrected chi connectivity index (χ4v) is 5.38. The van der Waals surface area contributed by atoms with Crippen molar-refractivity contribution in [3.8, 4) is 0 Å². The molecule has 0 aliphatic heterocycles. The average molecular weight is 617 g/mol. The van der Waals surface area contributed by atoms with E-state index < -0.39 is 30.8 Å². The van der Waals surface area contributed by atoms with E-state index in [2.05, 4.69) is 6.92 Å². The van der Waals surface area contributed by atoms with Crippen LogP contribution < -0.4 is 0 Å². The van der Waals surface area contributed by atoms with Crippen molar-refractivity contribution in [1.29, 1.82) is 0 Å². The first kappa shape index (κ1) is 39.9. The van der Waals surface area contributed by atoms with Gasteiger partial charge in [-0.25, -0.2) is 8.75 Å². The van der Waals surface area contributed by atoms with Gasteiger partial charge in [0, 0.05) is 27.2 Å². The first-order valence-corrected chi connectivity index (χ1v) is 18.4. The summed E-state index contributed by atoms with van der Waals surface area (Å²) < 4.78 is 58.1. The number of ether oxygens (including phenoxy) is 1. The van der Waals surface area contributed by atoms with E-state index in [9.17, 15) is 17.9 Å². The maximum Gasteiger partial charge on any atom is 0.472 e. The highest BCUT2D eigenvalue weighted by Crippen LogP contribution is 2.43. The molecular formula is C28H61N2O8PS. The number of hydrogen-bond donors (Lipinski definition) is 1. The largest absolute Gasteiger partial charge is 0.472 e. The van der Waals surface area contributed by atoms with E-state index >= 15 is 0 Å². The van der Waals surface area contributed by atoms with E-state index in [0.29, 0.717) is 13.2 Å². The van der Waals surface area contributed by atoms with Crippen molar-refractivity contribution >= 4 is 18.1 Å². The molecule has 12 heteroatoms. The van der Waals surface area contributed by atoms with Crippen LogP contribution in [0.25, 0.3) is 0 Å². The van der Waals surface area contributed by atoms with Gasteiger partial charge in [-0.2, -0.15) is 12.7 Å². The number of hydrogen-bond acceptors (Lipinski definition) is 8. The number of likely N-dealkylation sites (N-methyl/N-ethyl adjacent to an activating group) is 1. The van der Waals surface area contributed by atoms with Crippen LogP contribution in [-0.2, 0) is 32.8 Å². The van der Waals surface area contributed by atoms with Crippen LogP contribution in [0.5, 0.6) is 0 Å². The quantitative estimate of drug-likeness (QED) is 0.0709. The van der Waals surface area contributed by atoms with Crippen molar-refractivity contribution in [2.75, 3.05) is 60.7 Å². The van der Waals surface area contributed by atoms with Crippen LogP contribution >= 0.6 is 7.82 Å². The van der Waals surface area contributed by atoms with Gasteiger partial charge < -0.3 is 14.5 Å². The lowest BCUT2D eigenvalue weighted by molar-refractivity contribution is 0.0146. The number of phosphoric ester groups is 1. The number of phosphoric acid groups is 1. The van der Waals surface area contributed by atoms with E-state index in [1.807, 2.05) is 18.9 Å². The van der Waals surface area contributed by atoms with Gasteiger partial charge in [-0.3, -0.25) is 9.05 Å². The normalized spacial score (nSPS) is 14.7. The first-order chi connectivity index (χ1) is 19.0. The summed E-state index contributed by atoms with van der Waals surface area (Å²) in [5.41, 5.74) is 0. The average Bonchev–Trinajstić information content (AvgIpc) is 2.90. The predicted octanol–water partition coefficient (Wildman–Crippen LogP) is 6.54. The van der Waals surface area contributed by atoms with Gasteiger partial charge in [0.1, 0.15) is 6.10 Å². The second-order valence-electron chi connectivity index (χ2n) is 10.8. The van der Waals surface area contributed by atoms with E-state index in [4.69, 9.17) is 18.0 Å². The monoisotopic (exact) mass is 616 g/mol. The van der Waals surface area contributed by atoms with Crippen LogP contribution in [0, 0.1) is 0 Å². The van der Waals surface area contributed by atoms with Gasteiger partial charge in [0.25, 0.3) is 0 Å². The highest BCUT2D eigenvalue weighted by molar-refractivity contribution is 7.84. The Balaban J connectivity index is 4.02. The van der Waals surface area contributed by atoms with Crippen LogP contribution in [0.4, 0.5) is 0 Å². The molecule has 0 aromatic heterocycles. The summed E-state index contributed by atoms with van der Waals surface area (Å²) in [6, 6.07) is 0. The molecule has 0 radical (unpaired) electrons. The molecule has 0 amide bonds. The van der Waals surface area contributed by atoms with Crippen LogP contribution in [0.2, 0.25) is 0 Å². The Bertz CT molecular complexity index is 727. The van der Waals surface area contributed by atoms with Gasteiger partial charge in [0.15, 0.2) is 0 Å². The fourth-order valence-electron chi connectivity index (χ4n) is 4.01. The molecule has 0 heterocycles. The Morgan fingerprint density at radius 3 is 1.62 bits per heavy atom. The van der Waals surface area contributed by atoms with Gasteiger partial charge in [-0.05, 0) is 20.0 Å². The number of unbranched alkanes of at least 4 members (excludes halogenated alkanes) is 15. The summed E-state index contributed by atoms with van der Waals surface area (Å²) in [6.45, 7) is 5.39. The molecule has 0 fully saturated rings. The molecule has 0 aliphatic carbocycles. The van der Waals surface area contributed by atoms with Crippen molar-refractivity contribution in [2.24, 2.45) is 0 Å². The molecule has 0 saturated carbocycles. The summed E-state index contributed by atoms with van der Waals surface area (Å²) in [5.74, 6) is 0. The van der Waals surface area contributed by atoms with Gasteiger partial charge in [-0.15, -0.1) is 0 Å². The van der Waals surface area contributed by atoms with E-state index in [1.54, 1.807) is 0 Å². The third-order valence-electron chi connectivity index (χ3n) is 6.84. The Hall–Kier alpha value is -0.100. The molecule has 2 atom stereocenters. The maximum absolute atomic E-state index is 12.2. The zero-order valence-corrected chi connectivity index (χ0v) is 27.9. The molecule has 0 rings (SSSR count). The Labute approximate surface area is 246 Å². The van der Waals surface area contributed by atoms with E-state index in [-0.39, 0.29) is 13.2 Å². The number of nitrogens with zero attached hydrogens (tertiary/aromatic N) is 2. The lowest BCUT2D eigenvalue weighted by Gasteiger charge is -2.21. The van der Waals surface area contributed by atoms with Crippen molar-refractivity contribution in [1.82, 2.24) is 9.21 Å². The minimum absolute atomic E-state index is 0.00932. The Morgan fingerprint density at radius 1 is 0.700 bits per heavy atom. The molecule has 0 aliphatic rings. The Morgan fingerprint density at radius 2 is 1.18 bits per heavy atom. The standard InChI is InChI=1S/C28H61N2O8PS/c1-6-8-9-10-11-12-13-14-15-16-17-18-19-20-21-22-24-35-26-28(38-40(33,34)29(3)4)27-37-39(31,32)36-25-23-30(5)7-2/h28H,6-27H2,1-5H3,(H,31,32). The second kappa shape index (κ2) is 25.4. The lowest BCUT2D eigenvalue weighted by Crippen LogP contribution is -2.34. The predicted molar refractivity (Wildman–Crippen MR) is 163 cm³/mol. The zero-order chi connectivity index (χ0) is 30.1. The van der Waals surface area contributed by atoms with Crippen molar-refractivity contribution < 1.29 is 35.8 Å². The summed E-state index contributed by atoms with van der Waals surface area (Å²) in [4.78, 5) is 11.8. The fraction of sp³-hybridized carbons (Fsp3) is 1.00. The molecular weight excluding hydrogens is 555 g/mol. The van der Waals surface area contributed by atoms with Crippen molar-refractivity contribution in [2.45, 2.75) is 123 Å². The van der Waals surface area contributed by atoms with Gasteiger partial charge in [-0.1, -0.05) is 110 Å². The summed E-state index contributed by atoms with van der Waals surface area (Å²) in [5, 5.41) is 0. The molecule has 0 spiro atoms. The van der Waals surface area contributed by atoms with Gasteiger partial charge in [0.2, 0.25) is 0 Å². The van der Waals surface area contributed by atoms with Gasteiger partial charge >= 0.3 is 18.1 Å². The van der Waals surface area contributed by atoms with Crippen LogP contribution in [0.15, 0.2) is 0 Å². The van der Waals surface area contributed by atoms with E-state index in [1.165, 1.54) is 97.6 Å². The Kier molecular flexibility index (Phi) is 25.3. The molecule has 242 valence electrons. The SMILES string of the molecule is CCCCCCCCCCCCCCCCCCOCC(COP(=O)(O)OCCN(C)CC)OS(=O)(=O)N(C)C. The summed E-state index contributed by atoms with van der Waals surface area (Å²) >= 11 is 0. The topological polar surface area (TPSA) is 115 Å². The molecule has 0 saturated heterocycles. The third-order valence-corrected chi connectivity index (χ3v) is 9.24. The molecule has 0 aromatic rings.